The fourth-order valence-corrected chi connectivity index (χ4v) is 1.55. The number of nitrogens with two attached hydrogens (primary N) is 1. The van der Waals surface area contributed by atoms with Crippen LogP contribution >= 0.6 is 0 Å². The molecule has 0 fully saturated rings. The highest BCUT2D eigenvalue weighted by molar-refractivity contribution is 5.29. The summed E-state index contributed by atoms with van der Waals surface area (Å²) in [6.45, 7) is 4.73. The van der Waals surface area contributed by atoms with Crippen molar-refractivity contribution in [3.8, 4) is 5.75 Å². The Balaban J connectivity index is 1.95. The van der Waals surface area contributed by atoms with Gasteiger partial charge in [-0.1, -0.05) is 26.0 Å². The second-order valence-corrected chi connectivity index (χ2v) is 4.45. The summed E-state index contributed by atoms with van der Waals surface area (Å²) in [4.78, 5) is 8.09. The second kappa shape index (κ2) is 5.49. The van der Waals surface area contributed by atoms with Crippen LogP contribution < -0.4 is 10.5 Å². The molecule has 4 nitrogen and oxygen atoms in total. The van der Waals surface area contributed by atoms with Gasteiger partial charge in [-0.2, -0.15) is 0 Å². The minimum absolute atomic E-state index is 0.397. The standard InChI is InChI=1S/C14H17N3O/c1-10(2)11-3-5-13(6-4-11)18-9-12-7-17-14(15)8-16-12/h3-8,10H,9H2,1-2H3,(H2,15,17). The van der Waals surface area contributed by atoms with Crippen LogP contribution in [-0.2, 0) is 6.61 Å². The van der Waals surface area contributed by atoms with Gasteiger partial charge in [-0.3, -0.25) is 4.98 Å². The van der Waals surface area contributed by atoms with Crippen LogP contribution in [0.15, 0.2) is 36.7 Å². The number of aromatic nitrogens is 2. The number of hydrogen-bond donors (Lipinski definition) is 1. The predicted octanol–water partition coefficient (Wildman–Crippen LogP) is 2.76. The molecule has 0 bridgehead atoms. The number of anilines is 1. The molecule has 1 aromatic heterocycles. The summed E-state index contributed by atoms with van der Waals surface area (Å²) in [5, 5.41) is 0. The summed E-state index contributed by atoms with van der Waals surface area (Å²) in [7, 11) is 0. The maximum absolute atomic E-state index is 5.62. The molecule has 4 heteroatoms. The summed E-state index contributed by atoms with van der Waals surface area (Å²) in [5.74, 6) is 1.78. The van der Waals surface area contributed by atoms with Crippen molar-refractivity contribution in [1.82, 2.24) is 9.97 Å². The zero-order valence-corrected chi connectivity index (χ0v) is 10.6. The van der Waals surface area contributed by atoms with Gasteiger partial charge >= 0.3 is 0 Å². The minimum atomic E-state index is 0.397. The average Bonchev–Trinajstić information content (AvgIpc) is 2.38. The van der Waals surface area contributed by atoms with Crippen LogP contribution in [0.1, 0.15) is 31.0 Å². The fourth-order valence-electron chi connectivity index (χ4n) is 1.55. The van der Waals surface area contributed by atoms with Gasteiger partial charge in [0.15, 0.2) is 0 Å². The molecule has 0 saturated carbocycles. The Bertz CT molecular complexity index is 491. The number of rotatable bonds is 4. The third-order valence-electron chi connectivity index (χ3n) is 2.66. The number of nitrogens with zero attached hydrogens (tertiary/aromatic N) is 2. The van der Waals surface area contributed by atoms with Crippen LogP contribution in [0.4, 0.5) is 5.82 Å². The van der Waals surface area contributed by atoms with Gasteiger partial charge < -0.3 is 10.5 Å². The molecule has 0 amide bonds. The largest absolute Gasteiger partial charge is 0.487 e. The third-order valence-corrected chi connectivity index (χ3v) is 2.66. The highest BCUT2D eigenvalue weighted by atomic mass is 16.5. The first-order chi connectivity index (χ1) is 8.65. The van der Waals surface area contributed by atoms with Gasteiger partial charge in [0.25, 0.3) is 0 Å². The first-order valence-electron chi connectivity index (χ1n) is 5.94. The molecule has 2 aromatic rings. The van der Waals surface area contributed by atoms with Crippen LogP contribution in [-0.4, -0.2) is 9.97 Å². The number of ether oxygens (including phenoxy) is 1. The van der Waals surface area contributed by atoms with Gasteiger partial charge in [0.1, 0.15) is 18.2 Å². The lowest BCUT2D eigenvalue weighted by Crippen LogP contribution is -2.00. The monoisotopic (exact) mass is 243 g/mol. The third kappa shape index (κ3) is 3.20. The first-order valence-corrected chi connectivity index (χ1v) is 5.94. The fraction of sp³-hybridized carbons (Fsp3) is 0.286. The van der Waals surface area contributed by atoms with E-state index in [0.717, 1.165) is 11.4 Å². The predicted molar refractivity (Wildman–Crippen MR) is 71.3 cm³/mol. The summed E-state index contributed by atoms with van der Waals surface area (Å²) in [6.07, 6.45) is 3.15. The van der Waals surface area contributed by atoms with Crippen LogP contribution in [0.5, 0.6) is 5.75 Å². The molecule has 0 saturated heterocycles. The van der Waals surface area contributed by atoms with Gasteiger partial charge in [-0.05, 0) is 23.6 Å². The quantitative estimate of drug-likeness (QED) is 0.897. The van der Waals surface area contributed by atoms with Gasteiger partial charge in [0, 0.05) is 0 Å². The van der Waals surface area contributed by atoms with Crippen LogP contribution in [0, 0.1) is 0 Å². The average molecular weight is 243 g/mol. The molecule has 2 rings (SSSR count). The summed E-state index contributed by atoms with van der Waals surface area (Å²) in [6, 6.07) is 8.10. The van der Waals surface area contributed by atoms with Crippen LogP contribution in [0.2, 0.25) is 0 Å². The van der Waals surface area contributed by atoms with Crippen molar-refractivity contribution < 1.29 is 4.74 Å². The zero-order valence-electron chi connectivity index (χ0n) is 10.6. The number of hydrogen-bond acceptors (Lipinski definition) is 4. The molecule has 0 aliphatic carbocycles. The van der Waals surface area contributed by atoms with E-state index in [9.17, 15) is 0 Å². The molecule has 0 aliphatic rings. The highest BCUT2D eigenvalue weighted by Crippen LogP contribution is 2.19. The van der Waals surface area contributed by atoms with Crippen molar-refractivity contribution in [2.45, 2.75) is 26.4 Å². The van der Waals surface area contributed by atoms with Crippen molar-refractivity contribution in [2.24, 2.45) is 0 Å². The summed E-state index contributed by atoms with van der Waals surface area (Å²) >= 11 is 0. The first kappa shape index (κ1) is 12.4. The van der Waals surface area contributed by atoms with E-state index in [1.54, 1.807) is 6.20 Å². The summed E-state index contributed by atoms with van der Waals surface area (Å²) in [5.41, 5.74) is 7.53. The Morgan fingerprint density at radius 3 is 2.39 bits per heavy atom. The Kier molecular flexibility index (Phi) is 3.77. The van der Waals surface area contributed by atoms with Crippen molar-refractivity contribution in [3.63, 3.8) is 0 Å². The maximum Gasteiger partial charge on any atom is 0.141 e. The van der Waals surface area contributed by atoms with E-state index >= 15 is 0 Å². The second-order valence-electron chi connectivity index (χ2n) is 4.45. The molecule has 94 valence electrons. The molecule has 0 aliphatic heterocycles. The van der Waals surface area contributed by atoms with E-state index in [2.05, 4.69) is 35.9 Å². The lowest BCUT2D eigenvalue weighted by molar-refractivity contribution is 0.300. The van der Waals surface area contributed by atoms with Crippen LogP contribution in [0.3, 0.4) is 0 Å². The molecule has 0 atom stereocenters. The van der Waals surface area contributed by atoms with Gasteiger partial charge in [0.2, 0.25) is 0 Å². The van der Waals surface area contributed by atoms with Gasteiger partial charge in [-0.25, -0.2) is 4.98 Å². The van der Waals surface area contributed by atoms with E-state index in [1.165, 1.54) is 11.8 Å². The Morgan fingerprint density at radius 2 is 1.83 bits per heavy atom. The Labute approximate surface area is 107 Å². The smallest absolute Gasteiger partial charge is 0.141 e. The molecular weight excluding hydrogens is 226 g/mol. The Hall–Kier alpha value is -2.10. The molecule has 0 unspecified atom stereocenters. The van der Waals surface area contributed by atoms with Crippen molar-refractivity contribution >= 4 is 5.82 Å². The van der Waals surface area contributed by atoms with E-state index in [-0.39, 0.29) is 0 Å². The molecule has 0 radical (unpaired) electrons. The van der Waals surface area contributed by atoms with E-state index in [4.69, 9.17) is 10.5 Å². The normalized spacial score (nSPS) is 10.6. The topological polar surface area (TPSA) is 61.0 Å². The molecule has 18 heavy (non-hydrogen) atoms. The van der Waals surface area contributed by atoms with Gasteiger partial charge in [-0.15, -0.1) is 0 Å². The number of nitrogen functional groups attached to an aromatic ring is 1. The van der Waals surface area contributed by atoms with E-state index in [1.807, 2.05) is 12.1 Å². The molecule has 1 aromatic carbocycles. The number of benzene rings is 1. The SMILES string of the molecule is CC(C)c1ccc(OCc2cnc(N)cn2)cc1. The van der Waals surface area contributed by atoms with E-state index in [0.29, 0.717) is 18.3 Å². The zero-order chi connectivity index (χ0) is 13.0. The van der Waals surface area contributed by atoms with Gasteiger partial charge in [0.05, 0.1) is 18.1 Å². The molecular formula is C14H17N3O. The lowest BCUT2D eigenvalue weighted by atomic mass is 10.0. The maximum atomic E-state index is 5.62. The summed E-state index contributed by atoms with van der Waals surface area (Å²) < 4.78 is 5.62. The molecule has 0 spiro atoms. The highest BCUT2D eigenvalue weighted by Gasteiger charge is 2.01. The van der Waals surface area contributed by atoms with Crippen molar-refractivity contribution in [2.75, 3.05) is 5.73 Å². The Morgan fingerprint density at radius 1 is 1.11 bits per heavy atom. The van der Waals surface area contributed by atoms with Crippen molar-refractivity contribution in [1.29, 1.82) is 0 Å². The van der Waals surface area contributed by atoms with E-state index < -0.39 is 0 Å². The lowest BCUT2D eigenvalue weighted by Gasteiger charge is -2.08. The minimum Gasteiger partial charge on any atom is -0.487 e. The van der Waals surface area contributed by atoms with Crippen LogP contribution in [0.25, 0.3) is 0 Å². The molecule has 1 heterocycles. The van der Waals surface area contributed by atoms with Crippen molar-refractivity contribution in [3.05, 3.63) is 47.9 Å². The molecule has 2 N–H and O–H groups in total.